The molecule has 0 saturated carbocycles. The Morgan fingerprint density at radius 1 is 0.978 bits per heavy atom. The summed E-state index contributed by atoms with van der Waals surface area (Å²) in [4.78, 5) is 27.8. The van der Waals surface area contributed by atoms with Crippen molar-refractivity contribution in [2.24, 2.45) is 5.92 Å². The van der Waals surface area contributed by atoms with Crippen LogP contribution in [0.5, 0.6) is 5.75 Å². The molecular weight excluding hydrogens is 572 g/mol. The monoisotopic (exact) mass is 626 g/mol. The van der Waals surface area contributed by atoms with Gasteiger partial charge in [-0.25, -0.2) is 9.59 Å². The molecule has 0 unspecified atom stereocenters. The first-order valence-electron chi connectivity index (χ1n) is 16.7. The predicted molar refractivity (Wildman–Crippen MR) is 175 cm³/mol. The standard InChI is InChI=1S/C36H54N2O7/c1-4-28(2)33(42-3)21-24-44-35(40)37-31(25-29-17-11-10-12-18-29)32(39)26-38-22-15-8-6-5-7-9-16-23-43-34-20-14-13-19-30(34)27-45-36(38)41/h10-14,17-20,28,31-33,39H,4-9,15-16,21-27H2,1-3H3,(H,37,40)/t28-,31-,32+,33+/m0/s1. The quantitative estimate of drug-likeness (QED) is 0.264. The predicted octanol–water partition coefficient (Wildman–Crippen LogP) is 6.90. The number of alkyl carbamates (subject to hydrolysis) is 1. The third kappa shape index (κ3) is 13.3. The number of carbonyl (C=O) groups excluding carboxylic acids is 2. The van der Waals surface area contributed by atoms with Crippen molar-refractivity contribution in [1.82, 2.24) is 10.2 Å². The van der Waals surface area contributed by atoms with Crippen LogP contribution in [0.2, 0.25) is 0 Å². The Kier molecular flexibility index (Phi) is 16.6. The molecule has 1 aliphatic rings. The molecule has 1 heterocycles. The number of fused-ring (bicyclic) bond motifs is 1. The second-order valence-corrected chi connectivity index (χ2v) is 12.0. The van der Waals surface area contributed by atoms with Crippen LogP contribution in [0.15, 0.2) is 54.6 Å². The normalized spacial score (nSPS) is 18.0. The molecule has 3 rings (SSSR count). The van der Waals surface area contributed by atoms with Gasteiger partial charge in [-0.2, -0.15) is 0 Å². The SMILES string of the molecule is CC[C@H](C)[C@@H](CCOC(=O)N[C@@H](Cc1ccccc1)[C@H](O)CN1CCCCCCCCCOc2ccccc2COC1=O)OC. The zero-order chi connectivity index (χ0) is 32.3. The summed E-state index contributed by atoms with van der Waals surface area (Å²) >= 11 is 0. The van der Waals surface area contributed by atoms with Gasteiger partial charge in [0.1, 0.15) is 12.4 Å². The van der Waals surface area contributed by atoms with Crippen LogP contribution in [0, 0.1) is 5.92 Å². The molecule has 0 fully saturated rings. The molecule has 0 saturated heterocycles. The van der Waals surface area contributed by atoms with Gasteiger partial charge >= 0.3 is 12.2 Å². The summed E-state index contributed by atoms with van der Waals surface area (Å²) < 4.78 is 22.8. The Morgan fingerprint density at radius 2 is 1.67 bits per heavy atom. The number of benzene rings is 2. The van der Waals surface area contributed by atoms with E-state index in [2.05, 4.69) is 19.2 Å². The van der Waals surface area contributed by atoms with E-state index in [0.717, 1.165) is 68.2 Å². The van der Waals surface area contributed by atoms with Crippen molar-refractivity contribution in [2.45, 2.75) is 103 Å². The third-order valence-corrected chi connectivity index (χ3v) is 8.60. The smallest absolute Gasteiger partial charge is 0.410 e. The number of carbonyl (C=O) groups is 2. The van der Waals surface area contributed by atoms with Gasteiger partial charge in [-0.05, 0) is 36.8 Å². The lowest BCUT2D eigenvalue weighted by Crippen LogP contribution is -2.51. The zero-order valence-corrected chi connectivity index (χ0v) is 27.5. The Hall–Kier alpha value is -3.30. The molecule has 9 nitrogen and oxygen atoms in total. The summed E-state index contributed by atoms with van der Waals surface area (Å²) in [5.41, 5.74) is 1.75. The largest absolute Gasteiger partial charge is 0.493 e. The molecule has 2 aromatic rings. The number of methoxy groups -OCH3 is 1. The van der Waals surface area contributed by atoms with Crippen molar-refractivity contribution in [3.63, 3.8) is 0 Å². The van der Waals surface area contributed by atoms with Crippen LogP contribution in [0.1, 0.15) is 82.8 Å². The third-order valence-electron chi connectivity index (χ3n) is 8.60. The van der Waals surface area contributed by atoms with Gasteiger partial charge in [0.05, 0.1) is 38.0 Å². The van der Waals surface area contributed by atoms with Crippen molar-refractivity contribution < 1.29 is 33.6 Å². The van der Waals surface area contributed by atoms with E-state index in [9.17, 15) is 14.7 Å². The highest BCUT2D eigenvalue weighted by molar-refractivity contribution is 5.68. The summed E-state index contributed by atoms with van der Waals surface area (Å²) in [5, 5.41) is 14.3. The number of nitrogens with zero attached hydrogens (tertiary/aromatic N) is 1. The van der Waals surface area contributed by atoms with Crippen LogP contribution in [0.25, 0.3) is 0 Å². The minimum absolute atomic E-state index is 0.00515. The van der Waals surface area contributed by atoms with E-state index in [1.54, 1.807) is 12.0 Å². The molecule has 2 aromatic carbocycles. The molecule has 4 atom stereocenters. The van der Waals surface area contributed by atoms with Crippen LogP contribution in [0.3, 0.4) is 0 Å². The van der Waals surface area contributed by atoms with Gasteiger partial charge in [-0.1, -0.05) is 101 Å². The maximum absolute atomic E-state index is 13.4. The van der Waals surface area contributed by atoms with Crippen molar-refractivity contribution in [1.29, 1.82) is 0 Å². The maximum Gasteiger partial charge on any atom is 0.410 e. The van der Waals surface area contributed by atoms with Crippen LogP contribution >= 0.6 is 0 Å². The highest BCUT2D eigenvalue weighted by Crippen LogP contribution is 2.21. The molecule has 2 amide bonds. The molecular formula is C36H54N2O7. The maximum atomic E-state index is 13.4. The molecule has 250 valence electrons. The Labute approximate surface area is 269 Å². The van der Waals surface area contributed by atoms with E-state index in [0.29, 0.717) is 31.9 Å². The lowest BCUT2D eigenvalue weighted by atomic mass is 9.99. The molecule has 0 radical (unpaired) electrons. The number of ether oxygens (including phenoxy) is 4. The molecule has 45 heavy (non-hydrogen) atoms. The highest BCUT2D eigenvalue weighted by Gasteiger charge is 2.28. The number of rotatable bonds is 12. The van der Waals surface area contributed by atoms with Crippen molar-refractivity contribution in [3.8, 4) is 5.75 Å². The van der Waals surface area contributed by atoms with Gasteiger partial charge in [0.2, 0.25) is 0 Å². The van der Waals surface area contributed by atoms with Crippen molar-refractivity contribution >= 4 is 12.2 Å². The highest BCUT2D eigenvalue weighted by atomic mass is 16.6. The first kappa shape index (κ1) is 36.2. The van der Waals surface area contributed by atoms with Gasteiger partial charge in [0.25, 0.3) is 0 Å². The number of cyclic esters (lactones) is 1. The van der Waals surface area contributed by atoms with E-state index in [1.165, 1.54) is 0 Å². The first-order chi connectivity index (χ1) is 21.9. The average Bonchev–Trinajstić information content (AvgIpc) is 3.05. The van der Waals surface area contributed by atoms with Gasteiger partial charge in [0, 0.05) is 25.6 Å². The van der Waals surface area contributed by atoms with E-state index in [4.69, 9.17) is 18.9 Å². The number of aliphatic hydroxyl groups excluding tert-OH is 1. The summed E-state index contributed by atoms with van der Waals surface area (Å²) in [6.45, 7) is 5.57. The number of aliphatic hydroxyl groups is 1. The number of para-hydroxylation sites is 1. The van der Waals surface area contributed by atoms with Crippen LogP contribution < -0.4 is 10.1 Å². The average molecular weight is 627 g/mol. The Bertz CT molecular complexity index is 1120. The molecule has 0 aromatic heterocycles. The summed E-state index contributed by atoms with van der Waals surface area (Å²) in [6.07, 6.45) is 7.02. The van der Waals surface area contributed by atoms with Crippen molar-refractivity contribution in [3.05, 3.63) is 65.7 Å². The lowest BCUT2D eigenvalue weighted by molar-refractivity contribution is 0.0294. The topological polar surface area (TPSA) is 107 Å². The van der Waals surface area contributed by atoms with E-state index < -0.39 is 24.3 Å². The van der Waals surface area contributed by atoms with Crippen LogP contribution in [-0.2, 0) is 27.2 Å². The number of β-amino-alcohol motifs (C(OH)–C–C–N with tert-alkyl or cyclic N) is 1. The van der Waals surface area contributed by atoms with Gasteiger partial charge < -0.3 is 34.3 Å². The fourth-order valence-corrected chi connectivity index (χ4v) is 5.59. The lowest BCUT2D eigenvalue weighted by Gasteiger charge is -2.30. The molecule has 2 N–H and O–H groups in total. The fraction of sp³-hybridized carbons (Fsp3) is 0.611. The number of hydrogen-bond acceptors (Lipinski definition) is 7. The number of hydrogen-bond donors (Lipinski definition) is 2. The van der Waals surface area contributed by atoms with Crippen LogP contribution in [0.4, 0.5) is 9.59 Å². The summed E-state index contributed by atoms with van der Waals surface area (Å²) in [7, 11) is 1.67. The van der Waals surface area contributed by atoms with Crippen molar-refractivity contribution in [2.75, 3.05) is 33.4 Å². The Morgan fingerprint density at radius 3 is 2.40 bits per heavy atom. The molecule has 1 aliphatic heterocycles. The van der Waals surface area contributed by atoms with E-state index in [-0.39, 0.29) is 25.9 Å². The second kappa shape index (κ2) is 20.7. The molecule has 9 heteroatoms. The number of nitrogens with one attached hydrogen (secondary N) is 1. The molecule has 0 bridgehead atoms. The zero-order valence-electron chi connectivity index (χ0n) is 27.5. The van der Waals surface area contributed by atoms with Gasteiger partial charge in [-0.15, -0.1) is 0 Å². The summed E-state index contributed by atoms with van der Waals surface area (Å²) in [5.74, 6) is 1.06. The van der Waals surface area contributed by atoms with Gasteiger partial charge in [-0.3, -0.25) is 0 Å². The minimum Gasteiger partial charge on any atom is -0.493 e. The fourth-order valence-electron chi connectivity index (χ4n) is 5.59. The molecule has 0 aliphatic carbocycles. The number of amides is 2. The second-order valence-electron chi connectivity index (χ2n) is 12.0. The Balaban J connectivity index is 1.69. The molecule has 0 spiro atoms. The summed E-state index contributed by atoms with van der Waals surface area (Å²) in [6, 6.07) is 16.6. The van der Waals surface area contributed by atoms with E-state index >= 15 is 0 Å². The van der Waals surface area contributed by atoms with Gasteiger partial charge in [0.15, 0.2) is 0 Å². The minimum atomic E-state index is -1.06. The first-order valence-corrected chi connectivity index (χ1v) is 16.7. The van der Waals surface area contributed by atoms with Crippen LogP contribution in [-0.4, -0.2) is 73.9 Å². The van der Waals surface area contributed by atoms with E-state index in [1.807, 2.05) is 54.6 Å².